The summed E-state index contributed by atoms with van der Waals surface area (Å²) in [6.07, 6.45) is 1.69. The van der Waals surface area contributed by atoms with E-state index in [1.54, 1.807) is 6.21 Å². The molecule has 0 aliphatic rings. The fraction of sp³-hybridized carbons (Fsp3) is 0.364. The van der Waals surface area contributed by atoms with Crippen LogP contribution in [-0.2, 0) is 6.54 Å². The highest BCUT2D eigenvalue weighted by molar-refractivity contribution is 5.53. The predicted octanol–water partition coefficient (Wildman–Crippen LogP) is 2.42. The minimum atomic E-state index is 0.307. The zero-order valence-electron chi connectivity index (χ0n) is 8.10. The van der Waals surface area contributed by atoms with Crippen molar-refractivity contribution in [1.29, 1.82) is 0 Å². The van der Waals surface area contributed by atoms with Crippen molar-refractivity contribution in [3.63, 3.8) is 0 Å². The second kappa shape index (κ2) is 4.65. The van der Waals surface area contributed by atoms with E-state index >= 15 is 0 Å². The van der Waals surface area contributed by atoms with Crippen molar-refractivity contribution in [2.45, 2.75) is 20.4 Å². The Morgan fingerprint density at radius 1 is 1.31 bits per heavy atom. The van der Waals surface area contributed by atoms with Gasteiger partial charge in [0.2, 0.25) is 0 Å². The van der Waals surface area contributed by atoms with Gasteiger partial charge in [-0.25, -0.2) is 4.74 Å². The van der Waals surface area contributed by atoms with Crippen molar-refractivity contribution < 1.29 is 4.74 Å². The molecule has 0 fully saturated rings. The molecule has 70 valence electrons. The number of rotatable bonds is 3. The normalized spacial score (nSPS) is 12.1. The highest BCUT2D eigenvalue weighted by Gasteiger charge is 1.98. The van der Waals surface area contributed by atoms with Gasteiger partial charge in [-0.1, -0.05) is 44.2 Å². The average Bonchev–Trinajstić information content (AvgIpc) is 2.04. The highest BCUT2D eigenvalue weighted by Crippen LogP contribution is 1.99. The monoisotopic (exact) mass is 177 g/mol. The number of nitrogens with zero attached hydrogens (tertiary/aromatic N) is 1. The van der Waals surface area contributed by atoms with E-state index in [1.165, 1.54) is 0 Å². The maximum atomic E-state index is 11.3. The smallest absolute Gasteiger partial charge is 0.178 e. The molecule has 0 aliphatic heterocycles. The van der Waals surface area contributed by atoms with E-state index in [2.05, 4.69) is 0 Å². The Labute approximate surface area is 79.1 Å². The van der Waals surface area contributed by atoms with Gasteiger partial charge in [-0.2, -0.15) is 0 Å². The van der Waals surface area contributed by atoms with Crippen molar-refractivity contribution in [1.82, 2.24) is 0 Å². The minimum Gasteiger partial charge on any atom is -0.624 e. The Morgan fingerprint density at radius 3 is 2.46 bits per heavy atom. The zero-order valence-corrected chi connectivity index (χ0v) is 8.10. The Morgan fingerprint density at radius 2 is 1.92 bits per heavy atom. The van der Waals surface area contributed by atoms with Gasteiger partial charge >= 0.3 is 0 Å². The lowest BCUT2D eigenvalue weighted by atomic mass is 10.2. The lowest BCUT2D eigenvalue weighted by molar-refractivity contribution is -0.472. The minimum absolute atomic E-state index is 0.307. The lowest BCUT2D eigenvalue weighted by Gasteiger charge is -2.04. The van der Waals surface area contributed by atoms with Gasteiger partial charge in [0.1, 0.15) is 0 Å². The van der Waals surface area contributed by atoms with Crippen LogP contribution < -0.4 is 0 Å². The molecule has 2 heteroatoms. The van der Waals surface area contributed by atoms with Crippen LogP contribution in [0.4, 0.5) is 0 Å². The summed E-state index contributed by atoms with van der Waals surface area (Å²) in [6.45, 7) is 4.44. The second-order valence-corrected chi connectivity index (χ2v) is 3.45. The molecule has 0 saturated heterocycles. The van der Waals surface area contributed by atoms with Crippen LogP contribution in [0.5, 0.6) is 0 Å². The van der Waals surface area contributed by atoms with Gasteiger partial charge in [0.05, 0.1) is 0 Å². The van der Waals surface area contributed by atoms with Crippen molar-refractivity contribution in [2.75, 3.05) is 0 Å². The number of hydrogen-bond acceptors (Lipinski definition) is 1. The van der Waals surface area contributed by atoms with Crippen molar-refractivity contribution in [3.8, 4) is 0 Å². The van der Waals surface area contributed by atoms with E-state index in [9.17, 15) is 5.21 Å². The largest absolute Gasteiger partial charge is 0.624 e. The second-order valence-electron chi connectivity index (χ2n) is 3.45. The van der Waals surface area contributed by atoms with Gasteiger partial charge in [0, 0.05) is 11.5 Å². The fourth-order valence-electron chi connectivity index (χ4n) is 1.15. The lowest BCUT2D eigenvalue weighted by Crippen LogP contribution is -2.08. The summed E-state index contributed by atoms with van der Waals surface area (Å²) in [5.74, 6) is 0.307. The first-order valence-corrected chi connectivity index (χ1v) is 4.51. The third-order valence-electron chi connectivity index (χ3n) is 1.65. The Balaban J connectivity index is 2.60. The first-order chi connectivity index (χ1) is 6.18. The average molecular weight is 177 g/mol. The van der Waals surface area contributed by atoms with E-state index in [-0.39, 0.29) is 0 Å². The van der Waals surface area contributed by atoms with Crippen molar-refractivity contribution in [3.05, 3.63) is 41.1 Å². The predicted molar refractivity (Wildman–Crippen MR) is 54.7 cm³/mol. The van der Waals surface area contributed by atoms with E-state index in [1.807, 2.05) is 44.2 Å². The van der Waals surface area contributed by atoms with Crippen LogP contribution in [0, 0.1) is 11.1 Å². The molecule has 0 unspecified atom stereocenters. The summed E-state index contributed by atoms with van der Waals surface area (Å²) in [5.41, 5.74) is 1.05. The van der Waals surface area contributed by atoms with E-state index in [0.29, 0.717) is 12.5 Å². The van der Waals surface area contributed by atoms with Crippen molar-refractivity contribution >= 4 is 6.21 Å². The summed E-state index contributed by atoms with van der Waals surface area (Å²) >= 11 is 0. The van der Waals surface area contributed by atoms with E-state index < -0.39 is 0 Å². The Bertz CT molecular complexity index is 277. The zero-order chi connectivity index (χ0) is 9.68. The standard InChI is InChI=1S/C11H15NO/c1-10(2)8-12(13)9-11-6-4-3-5-7-11/h3-8,10H,9H2,1-2H3. The molecule has 1 rings (SSSR count). The number of hydrogen-bond donors (Lipinski definition) is 0. The molecule has 0 saturated carbocycles. The molecular weight excluding hydrogens is 162 g/mol. The quantitative estimate of drug-likeness (QED) is 0.301. The Kier molecular flexibility index (Phi) is 3.50. The van der Waals surface area contributed by atoms with Crippen LogP contribution in [0.2, 0.25) is 0 Å². The molecule has 0 aromatic heterocycles. The van der Waals surface area contributed by atoms with Gasteiger partial charge < -0.3 is 5.21 Å². The molecule has 0 spiro atoms. The highest BCUT2D eigenvalue weighted by atomic mass is 16.5. The third-order valence-corrected chi connectivity index (χ3v) is 1.65. The maximum Gasteiger partial charge on any atom is 0.178 e. The SMILES string of the molecule is CC(C)C=[N+]([O-])Cc1ccccc1. The first kappa shape index (κ1) is 9.78. The number of hydroxylamine groups is 1. The van der Waals surface area contributed by atoms with Gasteiger partial charge in [0.15, 0.2) is 12.8 Å². The van der Waals surface area contributed by atoms with Crippen LogP contribution in [-0.4, -0.2) is 11.0 Å². The summed E-state index contributed by atoms with van der Waals surface area (Å²) in [6, 6.07) is 9.75. The van der Waals surface area contributed by atoms with Gasteiger partial charge in [-0.3, -0.25) is 0 Å². The molecule has 0 atom stereocenters. The summed E-state index contributed by atoms with van der Waals surface area (Å²) in [7, 11) is 0. The van der Waals surface area contributed by atoms with E-state index in [0.717, 1.165) is 10.3 Å². The van der Waals surface area contributed by atoms with Crippen LogP contribution in [0.25, 0.3) is 0 Å². The Hall–Kier alpha value is -1.31. The summed E-state index contributed by atoms with van der Waals surface area (Å²) in [5, 5.41) is 11.3. The van der Waals surface area contributed by atoms with Gasteiger partial charge in [-0.05, 0) is 0 Å². The molecule has 1 aromatic rings. The summed E-state index contributed by atoms with van der Waals surface area (Å²) in [4.78, 5) is 0. The molecule has 2 nitrogen and oxygen atoms in total. The molecule has 0 bridgehead atoms. The molecule has 0 heterocycles. The van der Waals surface area contributed by atoms with Crippen LogP contribution in [0.1, 0.15) is 19.4 Å². The molecular formula is C11H15NO. The van der Waals surface area contributed by atoms with E-state index in [4.69, 9.17) is 0 Å². The van der Waals surface area contributed by atoms with Crippen LogP contribution >= 0.6 is 0 Å². The van der Waals surface area contributed by atoms with Crippen molar-refractivity contribution in [2.24, 2.45) is 5.92 Å². The molecule has 1 aromatic carbocycles. The maximum absolute atomic E-state index is 11.3. The first-order valence-electron chi connectivity index (χ1n) is 4.51. The molecule has 0 aliphatic carbocycles. The van der Waals surface area contributed by atoms with Crippen LogP contribution in [0.15, 0.2) is 30.3 Å². The summed E-state index contributed by atoms with van der Waals surface area (Å²) < 4.78 is 0.986. The van der Waals surface area contributed by atoms with Gasteiger partial charge in [0.25, 0.3) is 0 Å². The topological polar surface area (TPSA) is 26.1 Å². The molecule has 0 N–H and O–H groups in total. The third kappa shape index (κ3) is 3.74. The number of benzene rings is 1. The van der Waals surface area contributed by atoms with Gasteiger partial charge in [-0.15, -0.1) is 0 Å². The van der Waals surface area contributed by atoms with Crippen LogP contribution in [0.3, 0.4) is 0 Å². The molecule has 0 radical (unpaired) electrons. The molecule has 13 heavy (non-hydrogen) atoms. The molecule has 0 amide bonds. The fourth-order valence-corrected chi connectivity index (χ4v) is 1.15.